The fraction of sp³-hybridized carbons (Fsp3) is 0.250. The van der Waals surface area contributed by atoms with Crippen molar-refractivity contribution in [3.8, 4) is 11.3 Å². The molecule has 2 rings (SSSR count). The Bertz CT molecular complexity index is 406. The molecule has 3 heteroatoms. The number of benzene rings is 1. The summed E-state index contributed by atoms with van der Waals surface area (Å²) < 4.78 is 0. The van der Waals surface area contributed by atoms with E-state index in [0.29, 0.717) is 0 Å². The molecule has 0 unspecified atom stereocenters. The summed E-state index contributed by atoms with van der Waals surface area (Å²) in [5.74, 6) is 0. The first-order chi connectivity index (χ1) is 7.42. The van der Waals surface area contributed by atoms with E-state index in [1.165, 1.54) is 11.3 Å². The molecule has 1 heterocycles. The third-order valence-corrected chi connectivity index (χ3v) is 2.39. The quantitative estimate of drug-likeness (QED) is 0.792. The van der Waals surface area contributed by atoms with Crippen LogP contribution < -0.4 is 5.32 Å². The van der Waals surface area contributed by atoms with Crippen LogP contribution in [0.1, 0.15) is 5.69 Å². The Balaban J connectivity index is 2.25. The van der Waals surface area contributed by atoms with E-state index in [9.17, 15) is 0 Å². The minimum Gasteiger partial charge on any atom is -0.348 e. The summed E-state index contributed by atoms with van der Waals surface area (Å²) in [5, 5.41) is 3.14. The van der Waals surface area contributed by atoms with Gasteiger partial charge in [0, 0.05) is 24.2 Å². The van der Waals surface area contributed by atoms with E-state index in [1.807, 2.05) is 25.2 Å². The summed E-state index contributed by atoms with van der Waals surface area (Å²) in [6.45, 7) is 0.960. The van der Waals surface area contributed by atoms with E-state index in [-0.39, 0.29) is 0 Å². The Morgan fingerprint density at radius 2 is 2.07 bits per heavy atom. The molecule has 0 aliphatic heterocycles. The lowest BCUT2D eigenvalue weighted by molar-refractivity contribution is 0.781. The third-order valence-electron chi connectivity index (χ3n) is 2.39. The highest BCUT2D eigenvalue weighted by molar-refractivity contribution is 5.61. The molecule has 78 valence electrons. The number of imidazole rings is 1. The van der Waals surface area contributed by atoms with E-state index in [4.69, 9.17) is 0 Å². The lowest BCUT2D eigenvalue weighted by atomic mass is 10.1. The molecule has 0 aliphatic carbocycles. The van der Waals surface area contributed by atoms with Gasteiger partial charge in [-0.05, 0) is 7.05 Å². The van der Waals surface area contributed by atoms with Gasteiger partial charge in [0.2, 0.25) is 0 Å². The Kier molecular flexibility index (Phi) is 3.15. The van der Waals surface area contributed by atoms with Crippen molar-refractivity contribution in [1.29, 1.82) is 0 Å². The predicted molar refractivity (Wildman–Crippen MR) is 61.7 cm³/mol. The van der Waals surface area contributed by atoms with Crippen molar-refractivity contribution in [2.75, 3.05) is 13.6 Å². The summed E-state index contributed by atoms with van der Waals surface area (Å²) >= 11 is 0. The highest BCUT2D eigenvalue weighted by atomic mass is 14.9. The van der Waals surface area contributed by atoms with Crippen molar-refractivity contribution in [2.45, 2.75) is 6.42 Å². The average Bonchev–Trinajstić information content (AvgIpc) is 2.75. The van der Waals surface area contributed by atoms with Gasteiger partial charge in [-0.2, -0.15) is 0 Å². The second-order valence-electron chi connectivity index (χ2n) is 3.45. The molecule has 0 atom stereocenters. The normalized spacial score (nSPS) is 10.5. The fourth-order valence-electron chi connectivity index (χ4n) is 1.61. The van der Waals surface area contributed by atoms with Gasteiger partial charge in [-0.1, -0.05) is 30.3 Å². The second kappa shape index (κ2) is 4.75. The zero-order chi connectivity index (χ0) is 10.5. The Hall–Kier alpha value is -1.61. The molecule has 1 aromatic heterocycles. The maximum Gasteiger partial charge on any atom is 0.0929 e. The van der Waals surface area contributed by atoms with Crippen LogP contribution in [0.2, 0.25) is 0 Å². The van der Waals surface area contributed by atoms with Gasteiger partial charge in [-0.15, -0.1) is 0 Å². The Labute approximate surface area is 89.6 Å². The number of rotatable bonds is 4. The van der Waals surface area contributed by atoms with Crippen molar-refractivity contribution >= 4 is 0 Å². The maximum atomic E-state index is 4.36. The number of likely N-dealkylation sites (N-methyl/N-ethyl adjacent to an activating group) is 1. The molecule has 1 aromatic carbocycles. The van der Waals surface area contributed by atoms with Gasteiger partial charge in [0.1, 0.15) is 0 Å². The van der Waals surface area contributed by atoms with Crippen LogP contribution in [-0.4, -0.2) is 23.6 Å². The topological polar surface area (TPSA) is 40.7 Å². The fourth-order valence-corrected chi connectivity index (χ4v) is 1.61. The van der Waals surface area contributed by atoms with E-state index in [0.717, 1.165) is 18.7 Å². The molecule has 2 aromatic rings. The molecule has 0 aliphatic rings. The standard InChI is InChI=1S/C12H15N3/c1-13-8-7-11-12(15-9-14-11)10-5-3-2-4-6-10/h2-6,9,13H,7-8H2,1H3,(H,14,15). The van der Waals surface area contributed by atoms with Crippen molar-refractivity contribution in [1.82, 2.24) is 15.3 Å². The first-order valence-electron chi connectivity index (χ1n) is 5.14. The Morgan fingerprint density at radius 1 is 1.27 bits per heavy atom. The number of hydrogen-bond donors (Lipinski definition) is 2. The summed E-state index contributed by atoms with van der Waals surface area (Å²) in [5.41, 5.74) is 3.42. The van der Waals surface area contributed by atoms with Crippen molar-refractivity contribution in [3.05, 3.63) is 42.4 Å². The van der Waals surface area contributed by atoms with E-state index in [1.54, 1.807) is 6.33 Å². The highest BCUT2D eigenvalue weighted by Crippen LogP contribution is 2.19. The van der Waals surface area contributed by atoms with Gasteiger partial charge in [0.25, 0.3) is 0 Å². The number of H-pyrrole nitrogens is 1. The van der Waals surface area contributed by atoms with Gasteiger partial charge in [0.15, 0.2) is 0 Å². The van der Waals surface area contributed by atoms with E-state index >= 15 is 0 Å². The minimum absolute atomic E-state index is 0.960. The van der Waals surface area contributed by atoms with Crippen LogP contribution in [0.5, 0.6) is 0 Å². The van der Waals surface area contributed by atoms with Crippen molar-refractivity contribution < 1.29 is 0 Å². The molecule has 15 heavy (non-hydrogen) atoms. The molecule has 2 N–H and O–H groups in total. The third kappa shape index (κ3) is 2.25. The lowest BCUT2D eigenvalue weighted by Crippen LogP contribution is -2.11. The van der Waals surface area contributed by atoms with Crippen LogP contribution in [0.4, 0.5) is 0 Å². The Morgan fingerprint density at radius 3 is 2.80 bits per heavy atom. The van der Waals surface area contributed by atoms with Gasteiger partial charge in [-0.3, -0.25) is 0 Å². The number of nitrogens with zero attached hydrogens (tertiary/aromatic N) is 1. The van der Waals surface area contributed by atoms with E-state index in [2.05, 4.69) is 27.4 Å². The molecule has 0 bridgehead atoms. The van der Waals surface area contributed by atoms with Gasteiger partial charge in [0.05, 0.1) is 12.0 Å². The highest BCUT2D eigenvalue weighted by Gasteiger charge is 2.06. The number of aromatic nitrogens is 2. The van der Waals surface area contributed by atoms with Crippen LogP contribution in [-0.2, 0) is 6.42 Å². The second-order valence-corrected chi connectivity index (χ2v) is 3.45. The van der Waals surface area contributed by atoms with Crippen LogP contribution >= 0.6 is 0 Å². The van der Waals surface area contributed by atoms with Gasteiger partial charge >= 0.3 is 0 Å². The van der Waals surface area contributed by atoms with Crippen molar-refractivity contribution in [3.63, 3.8) is 0 Å². The summed E-state index contributed by atoms with van der Waals surface area (Å²) in [6, 6.07) is 10.2. The monoisotopic (exact) mass is 201 g/mol. The summed E-state index contributed by atoms with van der Waals surface area (Å²) in [4.78, 5) is 7.54. The summed E-state index contributed by atoms with van der Waals surface area (Å²) in [7, 11) is 1.96. The van der Waals surface area contributed by atoms with E-state index < -0.39 is 0 Å². The summed E-state index contributed by atoms with van der Waals surface area (Å²) in [6.07, 6.45) is 2.73. The largest absolute Gasteiger partial charge is 0.348 e. The molecule has 0 radical (unpaired) electrons. The number of nitrogens with one attached hydrogen (secondary N) is 2. The maximum absolute atomic E-state index is 4.36. The van der Waals surface area contributed by atoms with Crippen LogP contribution in [0.3, 0.4) is 0 Å². The zero-order valence-electron chi connectivity index (χ0n) is 8.83. The van der Waals surface area contributed by atoms with Crippen molar-refractivity contribution in [2.24, 2.45) is 0 Å². The van der Waals surface area contributed by atoms with Gasteiger partial charge in [-0.25, -0.2) is 4.98 Å². The molecule has 3 nitrogen and oxygen atoms in total. The lowest BCUT2D eigenvalue weighted by Gasteiger charge is -2.02. The van der Waals surface area contributed by atoms with Crippen LogP contribution in [0.25, 0.3) is 11.3 Å². The smallest absolute Gasteiger partial charge is 0.0929 e. The minimum atomic E-state index is 0.960. The molecule has 0 amide bonds. The number of aromatic amines is 1. The predicted octanol–water partition coefficient (Wildman–Crippen LogP) is 1.84. The first-order valence-corrected chi connectivity index (χ1v) is 5.14. The first kappa shape index (κ1) is 9.93. The molecule has 0 saturated carbocycles. The molecular weight excluding hydrogens is 186 g/mol. The van der Waals surface area contributed by atoms with Crippen LogP contribution in [0.15, 0.2) is 36.7 Å². The average molecular weight is 201 g/mol. The molecule has 0 fully saturated rings. The zero-order valence-corrected chi connectivity index (χ0v) is 8.83. The SMILES string of the molecule is CNCCc1[nH]cnc1-c1ccccc1. The molecule has 0 saturated heterocycles. The number of hydrogen-bond acceptors (Lipinski definition) is 2. The van der Waals surface area contributed by atoms with Gasteiger partial charge < -0.3 is 10.3 Å². The molecule has 0 spiro atoms. The molecular formula is C12H15N3. The van der Waals surface area contributed by atoms with Crippen LogP contribution in [0, 0.1) is 0 Å².